The van der Waals surface area contributed by atoms with Crippen molar-refractivity contribution in [2.45, 2.75) is 85.4 Å². The SMILES string of the molecule is CCCC(=O)O[C@]1(C(C)=O)C(C)C[C@H]2[C@@H]3CC(C)C4=CC(=O)C=C[C@]4(C)[C@H]3C(O)C[C@@]21C. The molecule has 0 saturated heterocycles. The quantitative estimate of drug-likeness (QED) is 0.652. The van der Waals surface area contributed by atoms with Crippen LogP contribution in [0.2, 0.25) is 0 Å². The van der Waals surface area contributed by atoms with E-state index in [0.717, 1.165) is 18.4 Å². The molecule has 0 radical (unpaired) electrons. The lowest BCUT2D eigenvalue weighted by Crippen LogP contribution is -2.63. The zero-order valence-electron chi connectivity index (χ0n) is 20.3. The number of aliphatic hydroxyl groups is 1. The summed E-state index contributed by atoms with van der Waals surface area (Å²) in [4.78, 5) is 38.0. The first-order chi connectivity index (χ1) is 14.9. The lowest BCUT2D eigenvalue weighted by Gasteiger charge is -2.61. The second-order valence-electron chi connectivity index (χ2n) is 11.4. The second kappa shape index (κ2) is 7.65. The maximum absolute atomic E-state index is 13.2. The highest BCUT2D eigenvalue weighted by Crippen LogP contribution is 2.69. The second-order valence-corrected chi connectivity index (χ2v) is 11.4. The molecule has 1 N–H and O–H groups in total. The minimum Gasteiger partial charge on any atom is -0.450 e. The van der Waals surface area contributed by atoms with Crippen molar-refractivity contribution >= 4 is 17.5 Å². The van der Waals surface area contributed by atoms with Crippen LogP contribution in [-0.2, 0) is 19.1 Å². The van der Waals surface area contributed by atoms with Gasteiger partial charge in [-0.05, 0) is 62.5 Å². The number of ether oxygens (including phenoxy) is 1. The van der Waals surface area contributed by atoms with Gasteiger partial charge in [0.05, 0.1) is 6.10 Å². The van der Waals surface area contributed by atoms with Gasteiger partial charge < -0.3 is 9.84 Å². The Labute approximate surface area is 191 Å². The van der Waals surface area contributed by atoms with Crippen LogP contribution in [0.4, 0.5) is 0 Å². The lowest BCUT2D eigenvalue weighted by molar-refractivity contribution is -0.204. The first-order valence-corrected chi connectivity index (χ1v) is 12.3. The van der Waals surface area contributed by atoms with Gasteiger partial charge in [-0.15, -0.1) is 0 Å². The van der Waals surface area contributed by atoms with Crippen molar-refractivity contribution in [3.63, 3.8) is 0 Å². The molecule has 0 bridgehead atoms. The summed E-state index contributed by atoms with van der Waals surface area (Å²) in [5, 5.41) is 11.6. The maximum Gasteiger partial charge on any atom is 0.306 e. The van der Waals surface area contributed by atoms with Crippen molar-refractivity contribution in [3.8, 4) is 0 Å². The van der Waals surface area contributed by atoms with Gasteiger partial charge in [0, 0.05) is 29.1 Å². The molecule has 9 atom stereocenters. The molecule has 0 aromatic heterocycles. The summed E-state index contributed by atoms with van der Waals surface area (Å²) in [6.45, 7) is 11.9. The summed E-state index contributed by atoms with van der Waals surface area (Å²) in [5.74, 6) is 0.0306. The van der Waals surface area contributed by atoms with Gasteiger partial charge in [-0.3, -0.25) is 14.4 Å². The van der Waals surface area contributed by atoms with Gasteiger partial charge in [0.15, 0.2) is 17.2 Å². The zero-order chi connectivity index (χ0) is 23.6. The first-order valence-electron chi connectivity index (χ1n) is 12.3. The number of fused-ring (bicyclic) bond motifs is 5. The van der Waals surface area contributed by atoms with Gasteiger partial charge in [-0.25, -0.2) is 0 Å². The van der Waals surface area contributed by atoms with E-state index in [1.54, 1.807) is 19.1 Å². The number of carbonyl (C=O) groups is 3. The van der Waals surface area contributed by atoms with Crippen LogP contribution in [0.1, 0.15) is 73.6 Å². The number of allylic oxidation sites excluding steroid dienone is 4. The minimum atomic E-state index is -1.20. The van der Waals surface area contributed by atoms with Crippen LogP contribution in [0.15, 0.2) is 23.8 Å². The van der Waals surface area contributed by atoms with Crippen LogP contribution < -0.4 is 0 Å². The Morgan fingerprint density at radius 3 is 2.53 bits per heavy atom. The Morgan fingerprint density at radius 2 is 1.91 bits per heavy atom. The van der Waals surface area contributed by atoms with Gasteiger partial charge in [0.2, 0.25) is 0 Å². The van der Waals surface area contributed by atoms with Crippen LogP contribution in [0, 0.1) is 40.4 Å². The summed E-state index contributed by atoms with van der Waals surface area (Å²) < 4.78 is 6.12. The molecule has 4 aliphatic rings. The third kappa shape index (κ3) is 2.96. The van der Waals surface area contributed by atoms with Gasteiger partial charge in [0.1, 0.15) is 0 Å². The van der Waals surface area contributed by atoms with Crippen molar-refractivity contribution in [2.75, 3.05) is 0 Å². The first kappa shape index (κ1) is 23.4. The summed E-state index contributed by atoms with van der Waals surface area (Å²) in [6, 6.07) is 0. The Kier molecular flexibility index (Phi) is 5.59. The van der Waals surface area contributed by atoms with Gasteiger partial charge in [0.25, 0.3) is 0 Å². The fourth-order valence-electron chi connectivity index (χ4n) is 8.54. The standard InChI is InChI=1S/C27H38O5/c1-7-8-23(31)32-27(17(4)28)16(3)12-21-19-11-15(2)20-13-18(29)9-10-25(20,5)24(19)22(30)14-26(21,27)6/h9-10,13,15-16,19,21-22,24,30H,7-8,11-12,14H2,1-6H3/t15?,16?,19-,21-,22?,24+,25-,26-,27-/m0/s1. The predicted octanol–water partition coefficient (Wildman–Crippen LogP) is 4.43. The normalized spacial score (nSPS) is 47.2. The number of Topliss-reactive ketones (excluding diaryl/α,β-unsaturated/α-hetero) is 1. The maximum atomic E-state index is 13.2. The fourth-order valence-corrected chi connectivity index (χ4v) is 8.54. The number of hydrogen-bond donors (Lipinski definition) is 1. The van der Waals surface area contributed by atoms with E-state index in [1.165, 1.54) is 0 Å². The zero-order valence-corrected chi connectivity index (χ0v) is 20.3. The van der Waals surface area contributed by atoms with E-state index in [1.807, 2.05) is 19.9 Å². The van der Waals surface area contributed by atoms with Crippen LogP contribution >= 0.6 is 0 Å². The van der Waals surface area contributed by atoms with E-state index in [0.29, 0.717) is 19.3 Å². The van der Waals surface area contributed by atoms with Crippen molar-refractivity contribution < 1.29 is 24.2 Å². The third-order valence-electron chi connectivity index (χ3n) is 9.61. The Morgan fingerprint density at radius 1 is 1.22 bits per heavy atom. The molecule has 5 nitrogen and oxygen atoms in total. The van der Waals surface area contributed by atoms with E-state index < -0.39 is 17.1 Å². The lowest BCUT2D eigenvalue weighted by atomic mass is 9.44. The minimum absolute atomic E-state index is 0.0193. The molecule has 0 aliphatic heterocycles. The number of hydrogen-bond acceptors (Lipinski definition) is 5. The van der Waals surface area contributed by atoms with Crippen molar-refractivity contribution in [2.24, 2.45) is 40.4 Å². The molecule has 176 valence electrons. The number of esters is 1. The smallest absolute Gasteiger partial charge is 0.306 e. The van der Waals surface area contributed by atoms with Gasteiger partial charge in [-0.1, -0.05) is 46.3 Å². The largest absolute Gasteiger partial charge is 0.450 e. The van der Waals surface area contributed by atoms with E-state index in [-0.39, 0.29) is 52.5 Å². The molecule has 32 heavy (non-hydrogen) atoms. The molecule has 0 aromatic carbocycles. The third-order valence-corrected chi connectivity index (χ3v) is 9.61. The summed E-state index contributed by atoms with van der Waals surface area (Å²) in [6.07, 6.45) is 7.82. The molecule has 3 saturated carbocycles. The van der Waals surface area contributed by atoms with Gasteiger partial charge in [-0.2, -0.15) is 0 Å². The molecular weight excluding hydrogens is 404 g/mol. The molecule has 0 spiro atoms. The number of rotatable bonds is 4. The van der Waals surface area contributed by atoms with Crippen molar-refractivity contribution in [3.05, 3.63) is 23.8 Å². The molecule has 4 rings (SSSR count). The predicted molar refractivity (Wildman–Crippen MR) is 122 cm³/mol. The Balaban J connectivity index is 1.79. The number of aliphatic hydroxyl groups excluding tert-OH is 1. The number of carbonyl (C=O) groups excluding carboxylic acids is 3. The van der Waals surface area contributed by atoms with E-state index in [2.05, 4.69) is 20.8 Å². The topological polar surface area (TPSA) is 80.7 Å². The van der Waals surface area contributed by atoms with E-state index >= 15 is 0 Å². The Bertz CT molecular complexity index is 902. The van der Waals surface area contributed by atoms with Crippen LogP contribution in [0.5, 0.6) is 0 Å². The molecule has 3 unspecified atom stereocenters. The van der Waals surface area contributed by atoms with E-state index in [4.69, 9.17) is 4.74 Å². The summed E-state index contributed by atoms with van der Waals surface area (Å²) >= 11 is 0. The molecule has 0 heterocycles. The van der Waals surface area contributed by atoms with Crippen molar-refractivity contribution in [1.82, 2.24) is 0 Å². The fraction of sp³-hybridized carbons (Fsp3) is 0.741. The monoisotopic (exact) mass is 442 g/mol. The molecule has 0 amide bonds. The van der Waals surface area contributed by atoms with Crippen LogP contribution in [0.25, 0.3) is 0 Å². The average Bonchev–Trinajstić information content (AvgIpc) is 2.91. The molecule has 0 aromatic rings. The highest BCUT2D eigenvalue weighted by atomic mass is 16.6. The molecule has 3 fully saturated rings. The van der Waals surface area contributed by atoms with E-state index in [9.17, 15) is 19.5 Å². The summed E-state index contributed by atoms with van der Waals surface area (Å²) in [7, 11) is 0. The number of ketones is 2. The highest BCUT2D eigenvalue weighted by molar-refractivity contribution is 6.01. The molecule has 4 aliphatic carbocycles. The average molecular weight is 443 g/mol. The molecule has 5 heteroatoms. The Hall–Kier alpha value is -1.75. The van der Waals surface area contributed by atoms with Crippen molar-refractivity contribution in [1.29, 1.82) is 0 Å². The van der Waals surface area contributed by atoms with Gasteiger partial charge >= 0.3 is 5.97 Å². The van der Waals surface area contributed by atoms with Crippen LogP contribution in [0.3, 0.4) is 0 Å². The summed E-state index contributed by atoms with van der Waals surface area (Å²) in [5.41, 5.74) is -1.07. The molecular formula is C27H38O5. The highest BCUT2D eigenvalue weighted by Gasteiger charge is 2.72. The van der Waals surface area contributed by atoms with Crippen LogP contribution in [-0.4, -0.2) is 34.3 Å².